The predicted octanol–water partition coefficient (Wildman–Crippen LogP) is 0.902. The Hall–Kier alpha value is -2.24. The van der Waals surface area contributed by atoms with E-state index in [0.29, 0.717) is 32.0 Å². The predicted molar refractivity (Wildman–Crippen MR) is 103 cm³/mol. The Balaban J connectivity index is 1.75. The average molecular weight is 412 g/mol. The van der Waals surface area contributed by atoms with E-state index in [1.807, 2.05) is 30.0 Å². The number of carbonyl (C=O) groups excluding carboxylic acids is 1. The van der Waals surface area contributed by atoms with E-state index in [1.54, 1.807) is 11.6 Å². The number of rotatable bonds is 5. The molecule has 1 aliphatic heterocycles. The normalized spacial score (nSPS) is 15.6. The first-order valence-corrected chi connectivity index (χ1v) is 10.6. The quantitative estimate of drug-likeness (QED) is 0.670. The Morgan fingerprint density at radius 2 is 1.96 bits per heavy atom. The van der Waals surface area contributed by atoms with Crippen molar-refractivity contribution in [2.75, 3.05) is 57.2 Å². The number of piperazine rings is 1. The summed E-state index contributed by atoms with van der Waals surface area (Å²) in [7, 11) is 1.32. The number of sulfonamides is 1. The number of methoxy groups -OCH3 is 1. The van der Waals surface area contributed by atoms with Gasteiger partial charge < -0.3 is 14.5 Å². The Labute approximate surface area is 162 Å². The fourth-order valence-electron chi connectivity index (χ4n) is 2.78. The van der Waals surface area contributed by atoms with E-state index in [0.717, 1.165) is 17.0 Å². The maximum Gasteiger partial charge on any atom is 0.349 e. The van der Waals surface area contributed by atoms with Crippen LogP contribution in [0.4, 0.5) is 11.5 Å². The third-order valence-electron chi connectivity index (χ3n) is 4.32. The molecule has 0 saturated carbocycles. The zero-order valence-corrected chi connectivity index (χ0v) is 17.0. The molecule has 0 aliphatic carbocycles. The molecule has 1 saturated heterocycles. The van der Waals surface area contributed by atoms with Crippen LogP contribution in [0.1, 0.15) is 9.67 Å². The van der Waals surface area contributed by atoms with E-state index in [-0.39, 0.29) is 9.77 Å². The molecule has 1 aliphatic rings. The number of esters is 1. The maximum absolute atomic E-state index is 12.9. The van der Waals surface area contributed by atoms with Crippen LogP contribution in [0, 0.1) is 0 Å². The van der Waals surface area contributed by atoms with Crippen LogP contribution in [0.5, 0.6) is 0 Å². The Bertz CT molecular complexity index is 920. The van der Waals surface area contributed by atoms with Crippen LogP contribution in [-0.2, 0) is 14.8 Å². The van der Waals surface area contributed by atoms with Gasteiger partial charge in [-0.05, 0) is 11.4 Å². The largest absolute Gasteiger partial charge is 0.465 e. The van der Waals surface area contributed by atoms with Gasteiger partial charge in [0.25, 0.3) is 0 Å². The van der Waals surface area contributed by atoms with Gasteiger partial charge in [-0.1, -0.05) is 0 Å². The van der Waals surface area contributed by atoms with E-state index in [1.165, 1.54) is 17.5 Å². The summed E-state index contributed by atoms with van der Waals surface area (Å²) in [5.41, 5.74) is 0.927. The van der Waals surface area contributed by atoms with Crippen molar-refractivity contribution in [2.24, 2.45) is 0 Å². The topological polar surface area (TPSA) is 95.9 Å². The van der Waals surface area contributed by atoms with E-state index < -0.39 is 16.0 Å². The molecule has 0 unspecified atom stereocenters. The highest BCUT2D eigenvalue weighted by Gasteiger charge is 2.33. The zero-order valence-electron chi connectivity index (χ0n) is 15.3. The summed E-state index contributed by atoms with van der Waals surface area (Å²) in [6.07, 6.45) is 1.68. The first kappa shape index (κ1) is 19.5. The van der Waals surface area contributed by atoms with Crippen LogP contribution in [0.2, 0.25) is 0 Å². The second kappa shape index (κ2) is 7.79. The minimum Gasteiger partial charge on any atom is -0.465 e. The number of aromatic nitrogens is 2. The van der Waals surface area contributed by atoms with Gasteiger partial charge in [0.2, 0.25) is 10.0 Å². The molecule has 2 aromatic rings. The molecule has 0 amide bonds. The summed E-state index contributed by atoms with van der Waals surface area (Å²) in [5.74, 6) is 0.0713. The fourth-order valence-corrected chi connectivity index (χ4v) is 5.51. The molecule has 2 aromatic heterocycles. The van der Waals surface area contributed by atoms with Gasteiger partial charge in [0.15, 0.2) is 5.82 Å². The zero-order chi connectivity index (χ0) is 19.6. The van der Waals surface area contributed by atoms with E-state index >= 15 is 0 Å². The van der Waals surface area contributed by atoms with Gasteiger partial charge in [-0.2, -0.15) is 9.40 Å². The molecular weight excluding hydrogens is 390 g/mol. The van der Waals surface area contributed by atoms with Crippen LogP contribution in [-0.4, -0.2) is 76.3 Å². The van der Waals surface area contributed by atoms with Crippen molar-refractivity contribution in [3.63, 3.8) is 0 Å². The number of hydrogen-bond acceptors (Lipinski definition) is 9. The van der Waals surface area contributed by atoms with Crippen molar-refractivity contribution in [1.29, 1.82) is 0 Å². The highest BCUT2D eigenvalue weighted by molar-refractivity contribution is 7.89. The second-order valence-corrected chi connectivity index (χ2v) is 8.99. The SMILES string of the molecule is COC(=O)c1sccc1S(=O)(=O)N1CCN(c2cc(N(C)C)cnn2)CC1. The summed E-state index contributed by atoms with van der Waals surface area (Å²) < 4.78 is 32.0. The molecule has 27 heavy (non-hydrogen) atoms. The van der Waals surface area contributed by atoms with Crippen LogP contribution in [0.25, 0.3) is 0 Å². The first-order valence-electron chi connectivity index (χ1n) is 8.25. The van der Waals surface area contributed by atoms with Gasteiger partial charge >= 0.3 is 5.97 Å². The monoisotopic (exact) mass is 411 g/mol. The smallest absolute Gasteiger partial charge is 0.349 e. The van der Waals surface area contributed by atoms with E-state index in [4.69, 9.17) is 0 Å². The van der Waals surface area contributed by atoms with Crippen molar-refractivity contribution in [2.45, 2.75) is 4.90 Å². The Kier molecular flexibility index (Phi) is 5.63. The van der Waals surface area contributed by atoms with Gasteiger partial charge in [0.1, 0.15) is 9.77 Å². The van der Waals surface area contributed by atoms with Crippen LogP contribution < -0.4 is 9.80 Å². The molecule has 0 N–H and O–H groups in total. The number of thiophene rings is 1. The second-order valence-electron chi connectivity index (χ2n) is 6.16. The van der Waals surface area contributed by atoms with Gasteiger partial charge in [-0.25, -0.2) is 13.2 Å². The lowest BCUT2D eigenvalue weighted by Gasteiger charge is -2.34. The molecule has 3 rings (SSSR count). The molecule has 3 heterocycles. The van der Waals surface area contributed by atoms with Gasteiger partial charge in [0, 0.05) is 46.3 Å². The third-order valence-corrected chi connectivity index (χ3v) is 7.29. The lowest BCUT2D eigenvalue weighted by Crippen LogP contribution is -2.49. The molecule has 11 heteroatoms. The minimum atomic E-state index is -3.76. The van der Waals surface area contributed by atoms with Crippen LogP contribution in [0.15, 0.2) is 28.6 Å². The Morgan fingerprint density at radius 1 is 1.26 bits per heavy atom. The van der Waals surface area contributed by atoms with Crippen LogP contribution >= 0.6 is 11.3 Å². The molecular formula is C16H21N5O4S2. The molecule has 0 aromatic carbocycles. The van der Waals surface area contributed by atoms with Crippen molar-refractivity contribution >= 4 is 38.8 Å². The third kappa shape index (κ3) is 3.89. The average Bonchev–Trinajstić information content (AvgIpc) is 3.18. The number of nitrogens with zero attached hydrogens (tertiary/aromatic N) is 5. The molecule has 0 atom stereocenters. The molecule has 1 fully saturated rings. The van der Waals surface area contributed by atoms with Gasteiger partial charge in [0.05, 0.1) is 19.0 Å². The standard InChI is InChI=1S/C16H21N5O4S2/c1-19(2)12-10-14(18-17-11-12)20-5-7-21(8-6-20)27(23,24)13-4-9-26-15(13)16(22)25-3/h4,9-11H,5-8H2,1-3H3. The number of hydrogen-bond donors (Lipinski definition) is 0. The van der Waals surface area contributed by atoms with Crippen LogP contribution in [0.3, 0.4) is 0 Å². The minimum absolute atomic E-state index is 0.00203. The molecule has 146 valence electrons. The highest BCUT2D eigenvalue weighted by Crippen LogP contribution is 2.27. The van der Waals surface area contributed by atoms with Crippen molar-refractivity contribution in [3.8, 4) is 0 Å². The molecule has 0 bridgehead atoms. The highest BCUT2D eigenvalue weighted by atomic mass is 32.2. The van der Waals surface area contributed by atoms with Gasteiger partial charge in [-0.3, -0.25) is 0 Å². The Morgan fingerprint density at radius 3 is 2.59 bits per heavy atom. The first-order chi connectivity index (χ1) is 12.8. The summed E-state index contributed by atoms with van der Waals surface area (Å²) in [5, 5.41) is 9.75. The van der Waals surface area contributed by atoms with Crippen molar-refractivity contribution in [1.82, 2.24) is 14.5 Å². The maximum atomic E-state index is 12.9. The summed E-state index contributed by atoms with van der Waals surface area (Å²) in [6, 6.07) is 3.37. The lowest BCUT2D eigenvalue weighted by molar-refractivity contribution is 0.0602. The molecule has 9 nitrogen and oxygen atoms in total. The summed E-state index contributed by atoms with van der Waals surface area (Å²) in [4.78, 5) is 15.9. The number of carbonyl (C=O) groups is 1. The summed E-state index contributed by atoms with van der Waals surface area (Å²) >= 11 is 1.06. The van der Waals surface area contributed by atoms with Crippen molar-refractivity contribution < 1.29 is 17.9 Å². The van der Waals surface area contributed by atoms with E-state index in [9.17, 15) is 13.2 Å². The molecule has 0 spiro atoms. The fraction of sp³-hybridized carbons (Fsp3) is 0.438. The number of ether oxygens (including phenoxy) is 1. The van der Waals surface area contributed by atoms with Crippen molar-refractivity contribution in [3.05, 3.63) is 28.6 Å². The molecule has 0 radical (unpaired) electrons. The van der Waals surface area contributed by atoms with Gasteiger partial charge in [-0.15, -0.1) is 16.4 Å². The number of anilines is 2. The van der Waals surface area contributed by atoms with E-state index in [2.05, 4.69) is 14.9 Å². The summed E-state index contributed by atoms with van der Waals surface area (Å²) in [6.45, 7) is 1.57. The lowest BCUT2D eigenvalue weighted by atomic mass is 10.3.